The molecule has 138 valence electrons. The molecule has 2 aliphatic rings. The van der Waals surface area contributed by atoms with Crippen molar-refractivity contribution in [2.24, 2.45) is 5.92 Å². The van der Waals surface area contributed by atoms with Crippen LogP contribution in [0.4, 0.5) is 17.5 Å². The van der Waals surface area contributed by atoms with Crippen molar-refractivity contribution in [2.75, 3.05) is 23.8 Å². The van der Waals surface area contributed by atoms with Crippen molar-refractivity contribution in [1.82, 2.24) is 9.97 Å². The van der Waals surface area contributed by atoms with Gasteiger partial charge in [-0.3, -0.25) is 0 Å². The fourth-order valence-electron chi connectivity index (χ4n) is 3.18. The van der Waals surface area contributed by atoms with Crippen molar-refractivity contribution in [3.05, 3.63) is 35.0 Å². The Bertz CT molecular complexity index is 893. The van der Waals surface area contributed by atoms with Crippen LogP contribution in [-0.2, 0) is 16.0 Å². The minimum absolute atomic E-state index is 0.163. The van der Waals surface area contributed by atoms with Gasteiger partial charge in [-0.05, 0) is 29.6 Å². The van der Waals surface area contributed by atoms with Crippen LogP contribution in [0.25, 0.3) is 0 Å². The zero-order valence-electron chi connectivity index (χ0n) is 14.4. The molecule has 2 aliphatic heterocycles. The lowest BCUT2D eigenvalue weighted by Gasteiger charge is -2.28. The van der Waals surface area contributed by atoms with E-state index in [1.54, 1.807) is 6.07 Å². The number of rotatable bonds is 4. The third kappa shape index (κ3) is 3.84. The summed E-state index contributed by atoms with van der Waals surface area (Å²) in [7, 11) is -0.873. The lowest BCUT2D eigenvalue weighted by Crippen LogP contribution is -2.38. The zero-order valence-corrected chi connectivity index (χ0v) is 15.1. The average Bonchev–Trinajstić information content (AvgIpc) is 3.05. The molecule has 4 rings (SSSR count). The van der Waals surface area contributed by atoms with Gasteiger partial charge in [-0.15, -0.1) is 0 Å². The minimum atomic E-state index is -0.873. The van der Waals surface area contributed by atoms with Crippen LogP contribution >= 0.6 is 11.6 Å². The van der Waals surface area contributed by atoms with Crippen molar-refractivity contribution in [3.63, 3.8) is 0 Å². The maximum atomic E-state index is 9.70. The predicted octanol–water partition coefficient (Wildman–Crippen LogP) is 1.43. The summed E-state index contributed by atoms with van der Waals surface area (Å²) in [6.45, 7) is 1.36. The van der Waals surface area contributed by atoms with Gasteiger partial charge in [0, 0.05) is 12.3 Å². The molecule has 2 atom stereocenters. The third-order valence-corrected chi connectivity index (χ3v) is 4.93. The summed E-state index contributed by atoms with van der Waals surface area (Å²) in [6, 6.07) is 7.64. The normalized spacial score (nSPS) is 21.4. The Balaban J connectivity index is 1.51. The Hall–Kier alpha value is -2.38. The summed E-state index contributed by atoms with van der Waals surface area (Å²) in [6.07, 6.45) is 2.18. The number of nitrogens with zero attached hydrogens (tertiary/aromatic N) is 3. The number of ether oxygens (including phenoxy) is 1. The Morgan fingerprint density at radius 3 is 3.15 bits per heavy atom. The monoisotopic (exact) mass is 385 g/mol. The lowest BCUT2D eigenvalue weighted by atomic mass is 9.79. The van der Waals surface area contributed by atoms with Gasteiger partial charge in [0.2, 0.25) is 5.95 Å². The summed E-state index contributed by atoms with van der Waals surface area (Å²) < 4.78 is 10.7. The van der Waals surface area contributed by atoms with Gasteiger partial charge < -0.3 is 25.0 Å². The van der Waals surface area contributed by atoms with Gasteiger partial charge in [0.15, 0.2) is 5.82 Å². The van der Waals surface area contributed by atoms with Gasteiger partial charge in [0.05, 0.1) is 37.4 Å². The van der Waals surface area contributed by atoms with Gasteiger partial charge in [0.1, 0.15) is 5.02 Å². The van der Waals surface area contributed by atoms with Gasteiger partial charge in [0.25, 0.3) is 0 Å². The van der Waals surface area contributed by atoms with Crippen LogP contribution < -0.4 is 16.1 Å². The first-order valence-electron chi connectivity index (χ1n) is 8.60. The van der Waals surface area contributed by atoms with Gasteiger partial charge in [-0.25, -0.2) is 4.98 Å². The molecular weight excluding hydrogens is 368 g/mol. The molecule has 0 saturated carbocycles. The maximum absolute atomic E-state index is 9.70. The van der Waals surface area contributed by atoms with Crippen LogP contribution in [0.2, 0.25) is 5.02 Å². The first-order valence-corrected chi connectivity index (χ1v) is 8.98. The summed E-state index contributed by atoms with van der Waals surface area (Å²) in [4.78, 5) is 8.63. The number of fused-ring (bicyclic) bond motifs is 1. The molecule has 0 spiro atoms. The highest BCUT2D eigenvalue weighted by Crippen LogP contribution is 2.26. The van der Waals surface area contributed by atoms with E-state index in [4.69, 9.17) is 21.0 Å². The van der Waals surface area contributed by atoms with Crippen LogP contribution in [0.1, 0.15) is 12.0 Å². The fourth-order valence-corrected chi connectivity index (χ4v) is 3.32. The second-order valence-corrected chi connectivity index (χ2v) is 6.85. The number of halogens is 1. The standard InChI is InChI=1S/C17H17BClN5O3/c19-14-7-21-17(22-12-1-2-13-11(5-12)8-27-18(13)25)24-16(14)23-15-9-26-4-3-10(15)6-20/h1-2,5,7,10,15,25H,3-4,8-9H2,(H2,21,22,23,24). The van der Waals surface area contributed by atoms with Crippen molar-refractivity contribution in [1.29, 1.82) is 5.26 Å². The summed E-state index contributed by atoms with van der Waals surface area (Å²) in [5.41, 5.74) is 2.45. The van der Waals surface area contributed by atoms with E-state index >= 15 is 0 Å². The highest BCUT2D eigenvalue weighted by Gasteiger charge is 2.28. The molecule has 0 bridgehead atoms. The molecule has 1 aromatic carbocycles. The minimum Gasteiger partial charge on any atom is -0.423 e. The molecule has 0 radical (unpaired) electrons. The number of anilines is 3. The smallest absolute Gasteiger partial charge is 0.423 e. The first-order chi connectivity index (χ1) is 13.1. The highest BCUT2D eigenvalue weighted by atomic mass is 35.5. The molecule has 0 amide bonds. The third-order valence-electron chi connectivity index (χ3n) is 4.65. The first kappa shape index (κ1) is 18.0. The van der Waals surface area contributed by atoms with Gasteiger partial charge in [-0.2, -0.15) is 10.2 Å². The molecule has 3 heterocycles. The zero-order chi connectivity index (χ0) is 18.8. The van der Waals surface area contributed by atoms with Crippen molar-refractivity contribution >= 4 is 41.6 Å². The van der Waals surface area contributed by atoms with Crippen LogP contribution in [0.15, 0.2) is 24.4 Å². The molecule has 3 N–H and O–H groups in total. The average molecular weight is 386 g/mol. The quantitative estimate of drug-likeness (QED) is 0.678. The number of benzene rings is 1. The van der Waals surface area contributed by atoms with E-state index in [1.807, 2.05) is 12.1 Å². The highest BCUT2D eigenvalue weighted by molar-refractivity contribution is 6.61. The number of nitriles is 1. The predicted molar refractivity (Wildman–Crippen MR) is 101 cm³/mol. The van der Waals surface area contributed by atoms with Crippen LogP contribution in [0, 0.1) is 17.2 Å². The second kappa shape index (κ2) is 7.70. The van der Waals surface area contributed by atoms with E-state index in [9.17, 15) is 10.3 Å². The summed E-state index contributed by atoms with van der Waals surface area (Å²) >= 11 is 6.22. The molecular formula is C17H17BClN5O3. The molecule has 1 aromatic heterocycles. The maximum Gasteiger partial charge on any atom is 0.491 e. The van der Waals surface area contributed by atoms with E-state index in [0.717, 1.165) is 16.7 Å². The Labute approximate surface area is 161 Å². The number of hydrogen-bond donors (Lipinski definition) is 3. The summed E-state index contributed by atoms with van der Waals surface area (Å²) in [5.74, 6) is 0.653. The number of aromatic nitrogens is 2. The molecule has 10 heteroatoms. The molecule has 0 aliphatic carbocycles. The van der Waals surface area contributed by atoms with E-state index < -0.39 is 7.12 Å². The molecule has 2 aromatic rings. The van der Waals surface area contributed by atoms with Crippen molar-refractivity contribution in [3.8, 4) is 6.07 Å². The van der Waals surface area contributed by atoms with Gasteiger partial charge >= 0.3 is 7.12 Å². The lowest BCUT2D eigenvalue weighted by molar-refractivity contribution is 0.0698. The number of nitrogens with one attached hydrogen (secondary N) is 2. The van der Waals surface area contributed by atoms with Crippen molar-refractivity contribution < 1.29 is 14.4 Å². The van der Waals surface area contributed by atoms with E-state index in [2.05, 4.69) is 26.7 Å². The largest absolute Gasteiger partial charge is 0.491 e. The van der Waals surface area contributed by atoms with E-state index in [0.29, 0.717) is 43.0 Å². The molecule has 1 saturated heterocycles. The molecule has 8 nitrogen and oxygen atoms in total. The SMILES string of the molecule is N#CC1CCOCC1Nc1nc(Nc2ccc3c(c2)COB3O)ncc1Cl. The molecule has 2 unspecified atom stereocenters. The summed E-state index contributed by atoms with van der Waals surface area (Å²) in [5, 5.41) is 25.7. The van der Waals surface area contributed by atoms with Gasteiger partial charge in [-0.1, -0.05) is 17.7 Å². The Morgan fingerprint density at radius 1 is 1.41 bits per heavy atom. The number of hydrogen-bond acceptors (Lipinski definition) is 8. The van der Waals surface area contributed by atoms with Crippen LogP contribution in [0.5, 0.6) is 0 Å². The van der Waals surface area contributed by atoms with E-state index in [-0.39, 0.29) is 12.0 Å². The Morgan fingerprint density at radius 2 is 2.30 bits per heavy atom. The molecule has 27 heavy (non-hydrogen) atoms. The Kier molecular flexibility index (Phi) is 5.14. The second-order valence-electron chi connectivity index (χ2n) is 6.44. The van der Waals surface area contributed by atoms with Crippen molar-refractivity contribution in [2.45, 2.75) is 19.1 Å². The van der Waals surface area contributed by atoms with E-state index in [1.165, 1.54) is 6.20 Å². The topological polar surface area (TPSA) is 112 Å². The van der Waals surface area contributed by atoms with Crippen LogP contribution in [0.3, 0.4) is 0 Å². The molecule has 1 fully saturated rings. The fraction of sp³-hybridized carbons (Fsp3) is 0.353. The van der Waals surface area contributed by atoms with Crippen LogP contribution in [-0.4, -0.2) is 41.4 Å².